The highest BCUT2D eigenvalue weighted by Gasteiger charge is 2.25. The number of hydrogen-bond acceptors (Lipinski definition) is 4. The summed E-state index contributed by atoms with van der Waals surface area (Å²) in [5.41, 5.74) is 1.14. The van der Waals surface area contributed by atoms with E-state index in [1.807, 2.05) is 13.8 Å². The summed E-state index contributed by atoms with van der Waals surface area (Å²) >= 11 is 1.70. The first-order valence-corrected chi connectivity index (χ1v) is 8.96. The molecule has 0 aromatic carbocycles. The standard InChI is InChI=1S/C13H22N2OS2/c1-3-18(16)13-6-4-5-11(7-13)14-8-12-9-17-10(2)15-12/h9,11,13-14H,3-8H2,1-2H3/t11-,13-,18+/m1/s1. The van der Waals surface area contributed by atoms with E-state index in [9.17, 15) is 4.21 Å². The third-order valence-electron chi connectivity index (χ3n) is 3.52. The minimum Gasteiger partial charge on any atom is -0.308 e. The number of aryl methyl sites for hydroxylation is 1. The third kappa shape index (κ3) is 3.87. The number of hydrogen-bond donors (Lipinski definition) is 1. The van der Waals surface area contributed by atoms with Gasteiger partial charge in [0.2, 0.25) is 0 Å². The van der Waals surface area contributed by atoms with E-state index >= 15 is 0 Å². The largest absolute Gasteiger partial charge is 0.308 e. The Morgan fingerprint density at radius 1 is 1.56 bits per heavy atom. The second kappa shape index (κ2) is 6.78. The Hall–Kier alpha value is -0.260. The molecule has 0 bridgehead atoms. The molecule has 0 saturated heterocycles. The molecule has 1 aliphatic carbocycles. The Balaban J connectivity index is 1.80. The summed E-state index contributed by atoms with van der Waals surface area (Å²) in [6, 6.07) is 0.515. The van der Waals surface area contributed by atoms with Gasteiger partial charge in [0.05, 0.1) is 10.7 Å². The lowest BCUT2D eigenvalue weighted by Crippen LogP contribution is -2.37. The van der Waals surface area contributed by atoms with E-state index in [0.717, 1.165) is 35.8 Å². The van der Waals surface area contributed by atoms with Crippen LogP contribution in [0.1, 0.15) is 43.3 Å². The summed E-state index contributed by atoms with van der Waals surface area (Å²) in [5, 5.41) is 7.21. The van der Waals surface area contributed by atoms with E-state index in [1.54, 1.807) is 11.3 Å². The third-order valence-corrected chi connectivity index (χ3v) is 6.08. The lowest BCUT2D eigenvalue weighted by atomic mass is 9.95. The summed E-state index contributed by atoms with van der Waals surface area (Å²) in [6.07, 6.45) is 4.60. The van der Waals surface area contributed by atoms with Gasteiger partial charge in [-0.05, 0) is 26.2 Å². The van der Waals surface area contributed by atoms with Crippen LogP contribution < -0.4 is 5.32 Å². The molecule has 18 heavy (non-hydrogen) atoms. The second-order valence-corrected chi connectivity index (χ2v) is 7.96. The molecule has 5 heteroatoms. The zero-order chi connectivity index (χ0) is 13.0. The first-order chi connectivity index (χ1) is 8.69. The van der Waals surface area contributed by atoms with Crippen LogP contribution >= 0.6 is 11.3 Å². The Labute approximate surface area is 116 Å². The molecule has 1 aliphatic rings. The van der Waals surface area contributed by atoms with Crippen LogP contribution in [0.15, 0.2) is 5.38 Å². The van der Waals surface area contributed by atoms with Crippen molar-refractivity contribution in [3.8, 4) is 0 Å². The first-order valence-electron chi connectivity index (χ1n) is 6.70. The van der Waals surface area contributed by atoms with Crippen molar-refractivity contribution in [3.63, 3.8) is 0 Å². The van der Waals surface area contributed by atoms with Crippen LogP contribution in [0, 0.1) is 6.92 Å². The number of thiazole rings is 1. The quantitative estimate of drug-likeness (QED) is 0.905. The van der Waals surface area contributed by atoms with E-state index in [0.29, 0.717) is 11.3 Å². The Kier molecular flexibility index (Phi) is 5.33. The summed E-state index contributed by atoms with van der Waals surface area (Å²) in [4.78, 5) is 4.46. The van der Waals surface area contributed by atoms with Crippen LogP contribution in [0.3, 0.4) is 0 Å². The smallest absolute Gasteiger partial charge is 0.0897 e. The highest BCUT2D eigenvalue weighted by atomic mass is 32.2. The SMILES string of the molecule is CC[S@](=O)[C@@H]1CCC[C@@H](NCc2csc(C)n2)C1. The van der Waals surface area contributed by atoms with Crippen LogP contribution in [0.5, 0.6) is 0 Å². The predicted octanol–water partition coefficient (Wildman–Crippen LogP) is 2.62. The fourth-order valence-electron chi connectivity index (χ4n) is 2.54. The molecule has 102 valence electrons. The zero-order valence-corrected chi connectivity index (χ0v) is 12.8. The lowest BCUT2D eigenvalue weighted by molar-refractivity contribution is 0.374. The van der Waals surface area contributed by atoms with Gasteiger partial charge in [-0.2, -0.15) is 0 Å². The van der Waals surface area contributed by atoms with Crippen molar-refractivity contribution in [2.75, 3.05) is 5.75 Å². The van der Waals surface area contributed by atoms with Crippen molar-refractivity contribution in [1.29, 1.82) is 0 Å². The van der Waals surface area contributed by atoms with Crippen molar-refractivity contribution >= 4 is 22.1 Å². The Bertz CT molecular complexity index is 405. The number of rotatable bonds is 5. The van der Waals surface area contributed by atoms with Gasteiger partial charge in [0, 0.05) is 39.8 Å². The normalized spacial score (nSPS) is 26.1. The molecular weight excluding hydrogens is 264 g/mol. The molecule has 1 saturated carbocycles. The van der Waals surface area contributed by atoms with Gasteiger partial charge in [0.15, 0.2) is 0 Å². The number of aromatic nitrogens is 1. The van der Waals surface area contributed by atoms with Crippen LogP contribution in [0.25, 0.3) is 0 Å². The molecule has 1 N–H and O–H groups in total. The summed E-state index contributed by atoms with van der Waals surface area (Å²) in [5.74, 6) is 0.794. The van der Waals surface area contributed by atoms with Gasteiger partial charge in [-0.1, -0.05) is 13.3 Å². The monoisotopic (exact) mass is 286 g/mol. The maximum atomic E-state index is 11.9. The van der Waals surface area contributed by atoms with Gasteiger partial charge in [-0.3, -0.25) is 4.21 Å². The molecule has 1 aromatic rings. The Morgan fingerprint density at radius 2 is 2.39 bits per heavy atom. The maximum Gasteiger partial charge on any atom is 0.0897 e. The van der Waals surface area contributed by atoms with Crippen molar-refractivity contribution in [2.24, 2.45) is 0 Å². The fourth-order valence-corrected chi connectivity index (χ4v) is 4.50. The van der Waals surface area contributed by atoms with Crippen molar-refractivity contribution in [3.05, 3.63) is 16.1 Å². The zero-order valence-electron chi connectivity index (χ0n) is 11.1. The second-order valence-electron chi connectivity index (χ2n) is 4.89. The molecule has 3 nitrogen and oxygen atoms in total. The van der Waals surface area contributed by atoms with Crippen LogP contribution in [0.2, 0.25) is 0 Å². The highest BCUT2D eigenvalue weighted by molar-refractivity contribution is 7.85. The van der Waals surface area contributed by atoms with Crippen molar-refractivity contribution in [1.82, 2.24) is 10.3 Å². The highest BCUT2D eigenvalue weighted by Crippen LogP contribution is 2.23. The topological polar surface area (TPSA) is 42.0 Å². The molecule has 0 spiro atoms. The molecule has 1 aromatic heterocycles. The predicted molar refractivity (Wildman–Crippen MR) is 78.4 cm³/mol. The van der Waals surface area contributed by atoms with Crippen LogP contribution in [-0.2, 0) is 17.3 Å². The van der Waals surface area contributed by atoms with Crippen LogP contribution in [-0.4, -0.2) is 26.2 Å². The maximum absolute atomic E-state index is 11.9. The Morgan fingerprint density at radius 3 is 3.06 bits per heavy atom. The molecule has 3 atom stereocenters. The molecule has 0 radical (unpaired) electrons. The van der Waals surface area contributed by atoms with Gasteiger partial charge >= 0.3 is 0 Å². The molecule has 1 fully saturated rings. The summed E-state index contributed by atoms with van der Waals surface area (Å²) < 4.78 is 11.9. The van der Waals surface area contributed by atoms with E-state index in [-0.39, 0.29) is 0 Å². The van der Waals surface area contributed by atoms with E-state index in [4.69, 9.17) is 0 Å². The van der Waals surface area contributed by atoms with Gasteiger partial charge in [-0.15, -0.1) is 11.3 Å². The molecule has 0 unspecified atom stereocenters. The fraction of sp³-hybridized carbons (Fsp3) is 0.769. The lowest BCUT2D eigenvalue weighted by Gasteiger charge is -2.29. The summed E-state index contributed by atoms with van der Waals surface area (Å²) in [7, 11) is -0.632. The van der Waals surface area contributed by atoms with E-state index in [2.05, 4.69) is 15.7 Å². The average molecular weight is 286 g/mol. The molecular formula is C13H22N2OS2. The average Bonchev–Trinajstić information content (AvgIpc) is 2.81. The molecule has 0 aliphatic heterocycles. The minimum atomic E-state index is -0.632. The minimum absolute atomic E-state index is 0.401. The van der Waals surface area contributed by atoms with Gasteiger partial charge in [-0.25, -0.2) is 4.98 Å². The van der Waals surface area contributed by atoms with Gasteiger partial charge in [0.1, 0.15) is 0 Å². The van der Waals surface area contributed by atoms with Crippen molar-refractivity contribution in [2.45, 2.75) is 57.4 Å². The van der Waals surface area contributed by atoms with Crippen LogP contribution in [0.4, 0.5) is 0 Å². The molecule has 2 rings (SSSR count). The number of nitrogens with one attached hydrogen (secondary N) is 1. The van der Waals surface area contributed by atoms with Crippen molar-refractivity contribution < 1.29 is 4.21 Å². The molecule has 0 amide bonds. The summed E-state index contributed by atoms with van der Waals surface area (Å²) in [6.45, 7) is 4.90. The van der Waals surface area contributed by atoms with E-state index < -0.39 is 10.8 Å². The first kappa shape index (κ1) is 14.2. The molecule has 1 heterocycles. The number of nitrogens with zero attached hydrogens (tertiary/aromatic N) is 1. The van der Waals surface area contributed by atoms with E-state index in [1.165, 1.54) is 12.8 Å². The van der Waals surface area contributed by atoms with Gasteiger partial charge in [0.25, 0.3) is 0 Å². The van der Waals surface area contributed by atoms with Gasteiger partial charge < -0.3 is 5.32 Å².